The van der Waals surface area contributed by atoms with Crippen molar-refractivity contribution in [2.45, 2.75) is 0 Å². The summed E-state index contributed by atoms with van der Waals surface area (Å²) in [5.41, 5.74) is 10.3. The van der Waals surface area contributed by atoms with E-state index in [0.29, 0.717) is 5.56 Å². The Bertz CT molecular complexity index is 2290. The summed E-state index contributed by atoms with van der Waals surface area (Å²) in [6, 6.07) is 45.6. The summed E-state index contributed by atoms with van der Waals surface area (Å²) in [5.74, 6) is 0. The van der Waals surface area contributed by atoms with Gasteiger partial charge in [0.05, 0.1) is 11.6 Å². The van der Waals surface area contributed by atoms with Gasteiger partial charge in [-0.25, -0.2) is 0 Å². The number of benzene rings is 6. The summed E-state index contributed by atoms with van der Waals surface area (Å²) in [6.07, 6.45) is 0. The molecule has 0 unspecified atom stereocenters. The smallest absolute Gasteiger partial charge is 0.136 e. The summed E-state index contributed by atoms with van der Waals surface area (Å²) in [6.45, 7) is 0. The highest BCUT2D eigenvalue weighted by molar-refractivity contribution is 6.13. The van der Waals surface area contributed by atoms with Gasteiger partial charge >= 0.3 is 0 Å². The van der Waals surface area contributed by atoms with Crippen LogP contribution in [-0.2, 0) is 0 Å². The maximum Gasteiger partial charge on any atom is 0.136 e. The molecule has 0 radical (unpaired) electrons. The quantitative estimate of drug-likeness (QED) is 0.237. The van der Waals surface area contributed by atoms with Crippen molar-refractivity contribution < 1.29 is 8.83 Å². The molecule has 40 heavy (non-hydrogen) atoms. The lowest BCUT2D eigenvalue weighted by atomic mass is 9.90. The van der Waals surface area contributed by atoms with Crippen LogP contribution in [0.2, 0.25) is 0 Å². The Morgan fingerprint density at radius 3 is 1.88 bits per heavy atom. The van der Waals surface area contributed by atoms with Crippen molar-refractivity contribution in [3.63, 3.8) is 0 Å². The maximum atomic E-state index is 9.91. The minimum atomic E-state index is 0.647. The third-order valence-electron chi connectivity index (χ3n) is 7.72. The van der Waals surface area contributed by atoms with E-state index >= 15 is 0 Å². The third kappa shape index (κ3) is 3.44. The SMILES string of the molecule is N#Cc1ccccc1-c1cc(-c2ccc3oc4ccccc4c3c2)cc(-c2cccc3oc4ccccc4c23)c1. The van der Waals surface area contributed by atoms with E-state index < -0.39 is 0 Å². The molecule has 0 aliphatic heterocycles. The Morgan fingerprint density at radius 1 is 0.425 bits per heavy atom. The molecule has 0 saturated carbocycles. The van der Waals surface area contributed by atoms with Gasteiger partial charge in [0, 0.05) is 21.5 Å². The van der Waals surface area contributed by atoms with Crippen LogP contribution in [0.15, 0.2) is 136 Å². The van der Waals surface area contributed by atoms with Crippen molar-refractivity contribution >= 4 is 43.9 Å². The van der Waals surface area contributed by atoms with Crippen molar-refractivity contribution in [1.29, 1.82) is 5.26 Å². The Hall–Kier alpha value is -5.59. The van der Waals surface area contributed by atoms with Crippen LogP contribution in [0.5, 0.6) is 0 Å². The number of rotatable bonds is 3. The van der Waals surface area contributed by atoms with Gasteiger partial charge in [-0.1, -0.05) is 72.8 Å². The zero-order chi connectivity index (χ0) is 26.6. The summed E-state index contributed by atoms with van der Waals surface area (Å²) < 4.78 is 12.3. The monoisotopic (exact) mass is 511 g/mol. The number of nitriles is 1. The average molecular weight is 512 g/mol. The van der Waals surface area contributed by atoms with Crippen molar-refractivity contribution in [3.05, 3.63) is 133 Å². The fraction of sp³-hybridized carbons (Fsp3) is 0. The van der Waals surface area contributed by atoms with Crippen LogP contribution in [0.3, 0.4) is 0 Å². The standard InChI is InChI=1S/C37H21NO2/c38-22-24-8-1-2-9-28(24)26-18-25(23-16-17-35-32(21-23)30-10-3-5-13-33(30)39-35)19-27(20-26)29-12-7-15-36-37(29)31-11-4-6-14-34(31)40-36/h1-21H. The van der Waals surface area contributed by atoms with Crippen LogP contribution in [-0.4, -0.2) is 0 Å². The Morgan fingerprint density at radius 2 is 1.02 bits per heavy atom. The first-order valence-corrected chi connectivity index (χ1v) is 13.2. The van der Waals surface area contributed by atoms with Crippen molar-refractivity contribution in [3.8, 4) is 39.4 Å². The van der Waals surface area contributed by atoms with Crippen molar-refractivity contribution in [1.82, 2.24) is 0 Å². The van der Waals surface area contributed by atoms with Crippen LogP contribution < -0.4 is 0 Å². The predicted octanol–water partition coefficient (Wildman–Crippen LogP) is 10.4. The van der Waals surface area contributed by atoms with Gasteiger partial charge in [-0.05, 0) is 88.0 Å². The minimum absolute atomic E-state index is 0.647. The highest BCUT2D eigenvalue weighted by Gasteiger charge is 2.16. The van der Waals surface area contributed by atoms with Crippen LogP contribution in [0.4, 0.5) is 0 Å². The summed E-state index contributed by atoms with van der Waals surface area (Å²) in [7, 11) is 0. The average Bonchev–Trinajstić information content (AvgIpc) is 3.59. The lowest BCUT2D eigenvalue weighted by Gasteiger charge is -2.13. The predicted molar refractivity (Wildman–Crippen MR) is 162 cm³/mol. The van der Waals surface area contributed by atoms with E-state index in [1.54, 1.807) is 0 Å². The molecule has 0 atom stereocenters. The van der Waals surface area contributed by atoms with E-state index in [0.717, 1.165) is 77.3 Å². The van der Waals surface area contributed by atoms with Crippen LogP contribution >= 0.6 is 0 Å². The molecule has 0 N–H and O–H groups in total. The molecule has 0 bridgehead atoms. The summed E-state index contributed by atoms with van der Waals surface area (Å²) in [4.78, 5) is 0. The molecule has 0 aliphatic rings. The number of furan rings is 2. The highest BCUT2D eigenvalue weighted by Crippen LogP contribution is 2.41. The van der Waals surface area contributed by atoms with Gasteiger partial charge in [0.2, 0.25) is 0 Å². The molecule has 0 spiro atoms. The molecule has 0 amide bonds. The molecule has 2 heterocycles. The highest BCUT2D eigenvalue weighted by atomic mass is 16.3. The van der Waals surface area contributed by atoms with Gasteiger partial charge < -0.3 is 8.83 Å². The fourth-order valence-electron chi connectivity index (χ4n) is 5.86. The number of hydrogen-bond donors (Lipinski definition) is 0. The lowest BCUT2D eigenvalue weighted by molar-refractivity contribution is 0.668. The lowest BCUT2D eigenvalue weighted by Crippen LogP contribution is -1.89. The van der Waals surface area contributed by atoms with Crippen molar-refractivity contribution in [2.75, 3.05) is 0 Å². The summed E-state index contributed by atoms with van der Waals surface area (Å²) in [5, 5.41) is 14.3. The second kappa shape index (κ2) is 8.73. The van der Waals surface area contributed by atoms with Crippen LogP contribution in [0.1, 0.15) is 5.56 Å². The van der Waals surface area contributed by atoms with Crippen LogP contribution in [0, 0.1) is 11.3 Å². The molecule has 3 nitrogen and oxygen atoms in total. The molecule has 3 heteroatoms. The van der Waals surface area contributed by atoms with E-state index in [2.05, 4.69) is 54.6 Å². The van der Waals surface area contributed by atoms with Gasteiger partial charge in [-0.3, -0.25) is 0 Å². The number of nitrogens with zero attached hydrogens (tertiary/aromatic N) is 1. The van der Waals surface area contributed by atoms with Gasteiger partial charge in [0.25, 0.3) is 0 Å². The van der Waals surface area contributed by atoms with Gasteiger partial charge in [-0.15, -0.1) is 0 Å². The largest absolute Gasteiger partial charge is 0.456 e. The number of hydrogen-bond acceptors (Lipinski definition) is 3. The number of para-hydroxylation sites is 2. The van der Waals surface area contributed by atoms with Crippen LogP contribution in [0.25, 0.3) is 77.3 Å². The first-order valence-electron chi connectivity index (χ1n) is 13.2. The first-order chi connectivity index (χ1) is 19.8. The molecular formula is C37H21NO2. The second-order valence-corrected chi connectivity index (χ2v) is 10.0. The van der Waals surface area contributed by atoms with E-state index in [-0.39, 0.29) is 0 Å². The van der Waals surface area contributed by atoms with E-state index in [1.165, 1.54) is 0 Å². The van der Waals surface area contributed by atoms with Gasteiger partial charge in [0.1, 0.15) is 22.3 Å². The van der Waals surface area contributed by atoms with E-state index in [9.17, 15) is 5.26 Å². The summed E-state index contributed by atoms with van der Waals surface area (Å²) >= 11 is 0. The maximum absolute atomic E-state index is 9.91. The topological polar surface area (TPSA) is 50.1 Å². The van der Waals surface area contributed by atoms with Crippen molar-refractivity contribution in [2.24, 2.45) is 0 Å². The molecule has 186 valence electrons. The molecule has 0 fully saturated rings. The Kier molecular flexibility index (Phi) is 4.89. The zero-order valence-corrected chi connectivity index (χ0v) is 21.4. The van der Waals surface area contributed by atoms with E-state index in [1.807, 2.05) is 78.9 Å². The molecule has 2 aromatic heterocycles. The molecule has 6 aromatic carbocycles. The first kappa shape index (κ1) is 22.4. The third-order valence-corrected chi connectivity index (χ3v) is 7.72. The Labute approximate surface area is 230 Å². The fourth-order valence-corrected chi connectivity index (χ4v) is 5.86. The molecule has 0 saturated heterocycles. The van der Waals surface area contributed by atoms with Gasteiger partial charge in [-0.2, -0.15) is 5.26 Å². The molecule has 8 aromatic rings. The number of fused-ring (bicyclic) bond motifs is 6. The molecule has 0 aliphatic carbocycles. The molecule has 8 rings (SSSR count). The second-order valence-electron chi connectivity index (χ2n) is 10.0. The Balaban J connectivity index is 1.42. The van der Waals surface area contributed by atoms with Gasteiger partial charge in [0.15, 0.2) is 0 Å². The minimum Gasteiger partial charge on any atom is -0.456 e. The molecular weight excluding hydrogens is 490 g/mol. The normalized spacial score (nSPS) is 11.5. The van der Waals surface area contributed by atoms with E-state index in [4.69, 9.17) is 8.83 Å². The zero-order valence-electron chi connectivity index (χ0n) is 21.4.